The molecule has 0 radical (unpaired) electrons. The summed E-state index contributed by atoms with van der Waals surface area (Å²) in [4.78, 5) is 17.3. The fourth-order valence-corrected chi connectivity index (χ4v) is 3.90. The average Bonchev–Trinajstić information content (AvgIpc) is 2.88. The van der Waals surface area contributed by atoms with Crippen LogP contribution in [0.4, 0.5) is 0 Å². The topological polar surface area (TPSA) is 50.2 Å². The second-order valence-electron chi connectivity index (χ2n) is 5.45. The number of para-hydroxylation sites is 1. The number of benzene rings is 2. The van der Waals surface area contributed by atoms with Crippen LogP contribution in [0.1, 0.15) is 21.6 Å². The predicted octanol–water partition coefficient (Wildman–Crippen LogP) is 6.47. The number of hydrogen-bond donors (Lipinski definition) is 1. The van der Waals surface area contributed by atoms with Crippen LogP contribution in [0.2, 0.25) is 20.1 Å². The Kier molecular flexibility index (Phi) is 3.93. The van der Waals surface area contributed by atoms with Gasteiger partial charge in [0.15, 0.2) is 0 Å². The Morgan fingerprint density at radius 2 is 1.44 bits per heavy atom. The fraction of sp³-hybridized carbons (Fsp3) is 0. The van der Waals surface area contributed by atoms with Gasteiger partial charge in [0.1, 0.15) is 5.76 Å². The number of fused-ring (bicyclic) bond motifs is 2. The Hall–Kier alpha value is -1.78. The molecule has 124 valence electrons. The van der Waals surface area contributed by atoms with Gasteiger partial charge < -0.3 is 5.11 Å². The van der Waals surface area contributed by atoms with Crippen molar-refractivity contribution in [2.45, 2.75) is 0 Å². The molecule has 0 spiro atoms. The van der Waals surface area contributed by atoms with Crippen LogP contribution >= 0.6 is 46.4 Å². The van der Waals surface area contributed by atoms with E-state index in [-0.39, 0.29) is 42.5 Å². The van der Waals surface area contributed by atoms with E-state index in [1.54, 1.807) is 6.07 Å². The maximum Gasteiger partial charge on any atom is 0.201 e. The molecule has 1 aliphatic carbocycles. The van der Waals surface area contributed by atoms with Crippen molar-refractivity contribution in [3.05, 3.63) is 73.3 Å². The standard InChI is InChI=1S/C18H7Cl4NO2/c19-13-11-12(14(20)16(22)15(13)21)18(25)10(17(11)24)9-6-5-7-3-1-2-4-8(7)23-9/h1-6,24H. The number of allylic oxidation sites excluding steroid dienone is 1. The molecule has 2 aromatic carbocycles. The molecular weight excluding hydrogens is 404 g/mol. The Balaban J connectivity index is 1.99. The van der Waals surface area contributed by atoms with Gasteiger partial charge in [0, 0.05) is 5.39 Å². The average molecular weight is 411 g/mol. The molecule has 1 aromatic heterocycles. The number of aromatic nitrogens is 1. The molecule has 1 heterocycles. The maximum absolute atomic E-state index is 12.9. The molecule has 0 saturated heterocycles. The highest BCUT2D eigenvalue weighted by Gasteiger charge is 2.37. The van der Waals surface area contributed by atoms with Crippen molar-refractivity contribution >= 4 is 74.4 Å². The van der Waals surface area contributed by atoms with Crippen LogP contribution in [0, 0.1) is 0 Å². The van der Waals surface area contributed by atoms with E-state index in [0.29, 0.717) is 11.2 Å². The predicted molar refractivity (Wildman–Crippen MR) is 102 cm³/mol. The lowest BCUT2D eigenvalue weighted by atomic mass is 10.1. The lowest BCUT2D eigenvalue weighted by Crippen LogP contribution is -2.02. The smallest absolute Gasteiger partial charge is 0.201 e. The second-order valence-corrected chi connectivity index (χ2v) is 6.96. The lowest BCUT2D eigenvalue weighted by molar-refractivity contribution is 0.105. The molecule has 0 atom stereocenters. The number of carbonyl (C=O) groups excluding carboxylic acids is 1. The number of rotatable bonds is 1. The first-order chi connectivity index (χ1) is 11.9. The summed E-state index contributed by atoms with van der Waals surface area (Å²) in [6, 6.07) is 10.9. The summed E-state index contributed by atoms with van der Waals surface area (Å²) in [5.74, 6) is -0.811. The molecule has 0 saturated carbocycles. The van der Waals surface area contributed by atoms with Crippen LogP contribution in [0.25, 0.3) is 22.2 Å². The second kappa shape index (κ2) is 5.89. The van der Waals surface area contributed by atoms with Crippen LogP contribution < -0.4 is 0 Å². The molecule has 0 aliphatic heterocycles. The number of carbonyl (C=O) groups is 1. The highest BCUT2D eigenvalue weighted by atomic mass is 35.5. The molecule has 4 rings (SSSR count). The minimum Gasteiger partial charge on any atom is -0.506 e. The Morgan fingerprint density at radius 1 is 0.800 bits per heavy atom. The zero-order chi connectivity index (χ0) is 17.9. The van der Waals surface area contributed by atoms with Gasteiger partial charge in [-0.1, -0.05) is 70.7 Å². The van der Waals surface area contributed by atoms with Gasteiger partial charge in [0.05, 0.1) is 48.0 Å². The molecule has 0 bridgehead atoms. The molecule has 7 heteroatoms. The molecule has 1 aliphatic rings. The van der Waals surface area contributed by atoms with Crippen molar-refractivity contribution in [3.8, 4) is 0 Å². The van der Waals surface area contributed by atoms with Gasteiger partial charge in [-0.2, -0.15) is 0 Å². The molecule has 0 amide bonds. The number of halogens is 4. The van der Waals surface area contributed by atoms with E-state index in [4.69, 9.17) is 46.4 Å². The van der Waals surface area contributed by atoms with E-state index >= 15 is 0 Å². The monoisotopic (exact) mass is 409 g/mol. The van der Waals surface area contributed by atoms with E-state index in [2.05, 4.69) is 4.98 Å². The largest absolute Gasteiger partial charge is 0.506 e. The highest BCUT2D eigenvalue weighted by molar-refractivity contribution is 6.56. The molecule has 3 nitrogen and oxygen atoms in total. The number of hydrogen-bond acceptors (Lipinski definition) is 3. The number of aliphatic hydroxyl groups is 1. The minimum absolute atomic E-state index is 0.0147. The molecule has 0 unspecified atom stereocenters. The van der Waals surface area contributed by atoms with Crippen LogP contribution in [0.3, 0.4) is 0 Å². The molecule has 3 aromatic rings. The van der Waals surface area contributed by atoms with Crippen molar-refractivity contribution in [1.82, 2.24) is 4.98 Å². The number of nitrogens with zero attached hydrogens (tertiary/aromatic N) is 1. The van der Waals surface area contributed by atoms with E-state index < -0.39 is 5.78 Å². The van der Waals surface area contributed by atoms with Crippen molar-refractivity contribution < 1.29 is 9.90 Å². The summed E-state index contributed by atoms with van der Waals surface area (Å²) in [5.41, 5.74) is 1.14. The summed E-state index contributed by atoms with van der Waals surface area (Å²) in [7, 11) is 0. The van der Waals surface area contributed by atoms with Crippen molar-refractivity contribution in [1.29, 1.82) is 0 Å². The third-order valence-electron chi connectivity index (χ3n) is 4.05. The zero-order valence-corrected chi connectivity index (χ0v) is 15.3. The number of Topliss-reactive ketones (excluding diaryl/α,β-unsaturated/α-hetero) is 1. The first-order valence-corrected chi connectivity index (χ1v) is 8.63. The zero-order valence-electron chi connectivity index (χ0n) is 12.3. The van der Waals surface area contributed by atoms with Gasteiger partial charge >= 0.3 is 0 Å². The summed E-state index contributed by atoms with van der Waals surface area (Å²) in [5, 5.41) is 11.4. The van der Waals surface area contributed by atoms with E-state index in [9.17, 15) is 9.90 Å². The van der Waals surface area contributed by atoms with Gasteiger partial charge in [0.25, 0.3) is 0 Å². The summed E-state index contributed by atoms with van der Waals surface area (Å²) in [6.45, 7) is 0. The number of aliphatic hydroxyl groups excluding tert-OH is 1. The normalized spacial score (nSPS) is 13.7. The molecule has 1 N–H and O–H groups in total. The third-order valence-corrected chi connectivity index (χ3v) is 5.85. The van der Waals surface area contributed by atoms with Crippen LogP contribution in [0.5, 0.6) is 0 Å². The SMILES string of the molecule is O=C1C(c2ccc3ccccc3n2)=C(O)c2c(Cl)c(Cl)c(Cl)c(Cl)c21. The summed E-state index contributed by atoms with van der Waals surface area (Å²) < 4.78 is 0. The van der Waals surface area contributed by atoms with Crippen molar-refractivity contribution in [2.24, 2.45) is 0 Å². The van der Waals surface area contributed by atoms with Crippen molar-refractivity contribution in [3.63, 3.8) is 0 Å². The van der Waals surface area contributed by atoms with Gasteiger partial charge in [-0.25, -0.2) is 4.98 Å². The Morgan fingerprint density at radius 3 is 2.16 bits per heavy atom. The van der Waals surface area contributed by atoms with Crippen LogP contribution in [-0.4, -0.2) is 15.9 Å². The first kappa shape index (κ1) is 16.7. The lowest BCUT2D eigenvalue weighted by Gasteiger charge is -2.09. The number of pyridine rings is 1. The van der Waals surface area contributed by atoms with E-state index in [0.717, 1.165) is 5.39 Å². The van der Waals surface area contributed by atoms with Crippen LogP contribution in [-0.2, 0) is 0 Å². The quantitative estimate of drug-likeness (QED) is 0.369. The summed E-state index contributed by atoms with van der Waals surface area (Å²) in [6.07, 6.45) is 0. The van der Waals surface area contributed by atoms with Gasteiger partial charge in [-0.15, -0.1) is 0 Å². The molecule has 0 fully saturated rings. The van der Waals surface area contributed by atoms with Crippen molar-refractivity contribution in [2.75, 3.05) is 0 Å². The minimum atomic E-state index is -0.499. The van der Waals surface area contributed by atoms with Gasteiger partial charge in [-0.3, -0.25) is 4.79 Å². The highest BCUT2D eigenvalue weighted by Crippen LogP contribution is 2.49. The molecular formula is C18H7Cl4NO2. The van der Waals surface area contributed by atoms with E-state index in [1.807, 2.05) is 30.3 Å². The first-order valence-electron chi connectivity index (χ1n) is 7.12. The fourth-order valence-electron chi connectivity index (χ4n) is 2.87. The number of ketones is 1. The Bertz CT molecular complexity index is 1120. The van der Waals surface area contributed by atoms with Gasteiger partial charge in [0.2, 0.25) is 5.78 Å². The summed E-state index contributed by atoms with van der Waals surface area (Å²) >= 11 is 24.4. The Labute approximate surface area is 162 Å². The van der Waals surface area contributed by atoms with Crippen LogP contribution in [0.15, 0.2) is 36.4 Å². The maximum atomic E-state index is 12.9. The van der Waals surface area contributed by atoms with Gasteiger partial charge in [-0.05, 0) is 12.1 Å². The third kappa shape index (κ3) is 2.35. The molecule has 25 heavy (non-hydrogen) atoms. The van der Waals surface area contributed by atoms with E-state index in [1.165, 1.54) is 0 Å².